The minimum Gasteiger partial charge on any atom is -0.412 e. The highest BCUT2D eigenvalue weighted by Gasteiger charge is 2.59. The first-order chi connectivity index (χ1) is 17.8. The van der Waals surface area contributed by atoms with E-state index in [1.165, 1.54) is 18.2 Å². The van der Waals surface area contributed by atoms with Gasteiger partial charge in [-0.15, -0.1) is 0 Å². The molecule has 1 aliphatic heterocycles. The number of aliphatic hydroxyl groups excluding tert-OH is 2. The Morgan fingerprint density at radius 1 is 1.18 bits per heavy atom. The SMILES string of the molecule is CCCC(CCC)C(=O)Nc1ccn([C@@H]2O[C@H](CO)[C@@H](O)C2(F)F)c(=O)n1.Cc1ccc(S(=O)(=O)O)cc1.O. The number of benzene rings is 1. The van der Waals surface area contributed by atoms with Crippen molar-refractivity contribution in [2.75, 3.05) is 11.9 Å². The molecule has 0 radical (unpaired) electrons. The van der Waals surface area contributed by atoms with E-state index in [0.29, 0.717) is 17.4 Å². The standard InChI is InChI=1S/C17H25F2N3O5.C7H8O3S.H2O/c1-3-5-10(6-4-2)14(25)20-12-7-8-22(16(26)21-12)15-17(18,19)13(24)11(9-23)27-15;1-6-2-4-7(5-3-6)11(8,9)10;/h7-8,10-11,13,15,23-24H,3-6,9H2,1-2H3,(H,20,21,25,26);2-5H,1H3,(H,8,9,10);1H2/t11-,13-,15-;;/m1../s1. The highest BCUT2D eigenvalue weighted by atomic mass is 32.2. The molecule has 3 atom stereocenters. The van der Waals surface area contributed by atoms with Gasteiger partial charge in [-0.2, -0.15) is 22.2 Å². The second kappa shape index (κ2) is 14.5. The van der Waals surface area contributed by atoms with Gasteiger partial charge in [0.2, 0.25) is 12.1 Å². The van der Waals surface area contributed by atoms with Crippen molar-refractivity contribution in [2.45, 2.75) is 75.7 Å². The van der Waals surface area contributed by atoms with Crippen LogP contribution in [0.1, 0.15) is 51.3 Å². The molecular formula is C24H35F2N3O9S. The van der Waals surface area contributed by atoms with E-state index in [-0.39, 0.29) is 28.0 Å². The van der Waals surface area contributed by atoms with Crippen LogP contribution in [0.4, 0.5) is 14.6 Å². The molecule has 0 aliphatic carbocycles. The molecule has 12 nitrogen and oxygen atoms in total. The number of alkyl halides is 2. The number of aromatic nitrogens is 2. The van der Waals surface area contributed by atoms with Gasteiger partial charge >= 0.3 is 11.6 Å². The van der Waals surface area contributed by atoms with Crippen LogP contribution in [0.3, 0.4) is 0 Å². The average molecular weight is 580 g/mol. The number of nitrogens with zero attached hydrogens (tertiary/aromatic N) is 2. The lowest BCUT2D eigenvalue weighted by Crippen LogP contribution is -2.41. The van der Waals surface area contributed by atoms with Gasteiger partial charge in [0.15, 0.2) is 6.10 Å². The maximum Gasteiger partial charge on any atom is 0.351 e. The summed E-state index contributed by atoms with van der Waals surface area (Å²) < 4.78 is 63.3. The molecule has 1 fully saturated rings. The van der Waals surface area contributed by atoms with Crippen LogP contribution in [-0.2, 0) is 19.6 Å². The number of carbonyl (C=O) groups is 1. The van der Waals surface area contributed by atoms with Crippen LogP contribution < -0.4 is 11.0 Å². The van der Waals surface area contributed by atoms with Gasteiger partial charge in [-0.25, -0.2) is 4.79 Å². The van der Waals surface area contributed by atoms with Crippen molar-refractivity contribution < 1.29 is 47.0 Å². The van der Waals surface area contributed by atoms with Gasteiger partial charge in [-0.05, 0) is 38.0 Å². The Morgan fingerprint density at radius 3 is 2.18 bits per heavy atom. The molecule has 1 amide bonds. The van der Waals surface area contributed by atoms with Gasteiger partial charge in [-0.1, -0.05) is 44.4 Å². The predicted octanol–water partition coefficient (Wildman–Crippen LogP) is 1.70. The van der Waals surface area contributed by atoms with Crippen molar-refractivity contribution in [2.24, 2.45) is 5.92 Å². The third kappa shape index (κ3) is 8.84. The number of carbonyl (C=O) groups excluding carboxylic acids is 1. The van der Waals surface area contributed by atoms with Gasteiger partial charge in [0.05, 0.1) is 11.5 Å². The van der Waals surface area contributed by atoms with Crippen molar-refractivity contribution in [3.63, 3.8) is 0 Å². The Kier molecular flexibility index (Phi) is 12.7. The third-order valence-corrected chi connectivity index (χ3v) is 6.73. The van der Waals surface area contributed by atoms with Gasteiger partial charge in [0.1, 0.15) is 11.9 Å². The topological polar surface area (TPSA) is 200 Å². The smallest absolute Gasteiger partial charge is 0.351 e. The number of hydrogen-bond acceptors (Lipinski definition) is 8. The molecule has 6 N–H and O–H groups in total. The summed E-state index contributed by atoms with van der Waals surface area (Å²) >= 11 is 0. The molecule has 1 saturated heterocycles. The molecule has 1 aromatic heterocycles. The number of hydrogen-bond donors (Lipinski definition) is 4. The molecule has 0 bridgehead atoms. The lowest BCUT2D eigenvalue weighted by Gasteiger charge is -2.21. The van der Waals surface area contributed by atoms with Gasteiger partial charge < -0.3 is 25.7 Å². The maximum atomic E-state index is 14.1. The fraction of sp³-hybridized carbons (Fsp3) is 0.542. The molecule has 2 heterocycles. The van der Waals surface area contributed by atoms with Crippen LogP contribution in [-0.4, -0.2) is 68.9 Å². The highest BCUT2D eigenvalue weighted by molar-refractivity contribution is 7.85. The largest absolute Gasteiger partial charge is 0.412 e. The molecule has 220 valence electrons. The monoisotopic (exact) mass is 579 g/mol. The van der Waals surface area contributed by atoms with E-state index >= 15 is 0 Å². The number of rotatable bonds is 9. The van der Waals surface area contributed by atoms with E-state index in [2.05, 4.69) is 10.3 Å². The van der Waals surface area contributed by atoms with Crippen LogP contribution >= 0.6 is 0 Å². The first-order valence-corrected chi connectivity index (χ1v) is 13.5. The molecule has 1 aliphatic rings. The van der Waals surface area contributed by atoms with Crippen LogP contribution in [0.2, 0.25) is 0 Å². The summed E-state index contributed by atoms with van der Waals surface area (Å²) in [5.74, 6) is -4.32. The number of ether oxygens (including phenoxy) is 1. The fourth-order valence-electron chi connectivity index (χ4n) is 3.82. The third-order valence-electron chi connectivity index (χ3n) is 5.86. The highest BCUT2D eigenvalue weighted by Crippen LogP contribution is 2.42. The summed E-state index contributed by atoms with van der Waals surface area (Å²) in [4.78, 5) is 28.0. The van der Waals surface area contributed by atoms with Crippen molar-refractivity contribution in [1.82, 2.24) is 9.55 Å². The molecule has 0 unspecified atom stereocenters. The molecule has 0 spiro atoms. The second-order valence-corrected chi connectivity index (χ2v) is 10.3. The van der Waals surface area contributed by atoms with Crippen molar-refractivity contribution in [3.05, 3.63) is 52.6 Å². The quantitative estimate of drug-likeness (QED) is 0.319. The zero-order valence-corrected chi connectivity index (χ0v) is 22.6. The van der Waals surface area contributed by atoms with Crippen LogP contribution in [0.25, 0.3) is 0 Å². The van der Waals surface area contributed by atoms with E-state index in [1.807, 2.05) is 20.8 Å². The van der Waals surface area contributed by atoms with Crippen molar-refractivity contribution in [3.8, 4) is 0 Å². The van der Waals surface area contributed by atoms with E-state index in [0.717, 1.165) is 24.6 Å². The predicted molar refractivity (Wildman–Crippen MR) is 137 cm³/mol. The number of aryl methyl sites for hydroxylation is 1. The molecule has 3 rings (SSSR count). The Morgan fingerprint density at radius 2 is 1.74 bits per heavy atom. The number of aliphatic hydroxyl groups is 2. The summed E-state index contributed by atoms with van der Waals surface area (Å²) in [6, 6.07) is 7.20. The summed E-state index contributed by atoms with van der Waals surface area (Å²) in [5, 5.41) is 21.1. The number of nitrogens with one attached hydrogen (secondary N) is 1. The first-order valence-electron chi connectivity index (χ1n) is 12.0. The molecule has 0 saturated carbocycles. The van der Waals surface area contributed by atoms with Crippen LogP contribution in [0, 0.1) is 12.8 Å². The van der Waals surface area contributed by atoms with Crippen LogP contribution in [0.5, 0.6) is 0 Å². The summed E-state index contributed by atoms with van der Waals surface area (Å²) in [6.45, 7) is 4.95. The van der Waals surface area contributed by atoms with Crippen molar-refractivity contribution >= 4 is 21.8 Å². The Bertz CT molecular complexity index is 1230. The van der Waals surface area contributed by atoms with E-state index in [4.69, 9.17) is 14.4 Å². The number of halogens is 2. The summed E-state index contributed by atoms with van der Waals surface area (Å²) in [5.41, 5.74) is -0.108. The molecular weight excluding hydrogens is 544 g/mol. The van der Waals surface area contributed by atoms with Crippen molar-refractivity contribution in [1.29, 1.82) is 0 Å². The minimum atomic E-state index is -4.02. The van der Waals surface area contributed by atoms with E-state index in [9.17, 15) is 31.9 Å². The fourth-order valence-corrected chi connectivity index (χ4v) is 4.30. The van der Waals surface area contributed by atoms with Gasteiger partial charge in [0, 0.05) is 12.1 Å². The maximum absolute atomic E-state index is 14.1. The molecule has 39 heavy (non-hydrogen) atoms. The molecule has 2 aromatic rings. The lowest BCUT2D eigenvalue weighted by atomic mass is 9.97. The zero-order chi connectivity index (χ0) is 28.7. The Labute approximate surface area is 224 Å². The van der Waals surface area contributed by atoms with Crippen LogP contribution in [0.15, 0.2) is 46.2 Å². The number of anilines is 1. The summed E-state index contributed by atoms with van der Waals surface area (Å²) in [7, 11) is -4.02. The summed E-state index contributed by atoms with van der Waals surface area (Å²) in [6.07, 6.45) is -1.79. The average Bonchev–Trinajstić information content (AvgIpc) is 3.07. The van der Waals surface area contributed by atoms with Gasteiger partial charge in [0.25, 0.3) is 10.1 Å². The first kappa shape index (κ1) is 34.2. The minimum absolute atomic E-state index is 0. The van der Waals surface area contributed by atoms with E-state index < -0.39 is 46.8 Å². The van der Waals surface area contributed by atoms with E-state index in [1.54, 1.807) is 12.1 Å². The zero-order valence-electron chi connectivity index (χ0n) is 21.8. The molecule has 1 aromatic carbocycles. The number of amides is 1. The second-order valence-electron chi connectivity index (χ2n) is 8.88. The lowest BCUT2D eigenvalue weighted by molar-refractivity contribution is -0.141. The normalized spacial score (nSPS) is 20.1. The Balaban J connectivity index is 0.000000532. The molecule has 15 heteroatoms. The van der Waals surface area contributed by atoms with Gasteiger partial charge in [-0.3, -0.25) is 13.9 Å². The Hall–Kier alpha value is -2.82.